The van der Waals surface area contributed by atoms with E-state index in [0.717, 1.165) is 37.6 Å². The zero-order valence-electron chi connectivity index (χ0n) is 23.3. The summed E-state index contributed by atoms with van der Waals surface area (Å²) in [5.41, 5.74) is 3.67. The third-order valence-corrected chi connectivity index (χ3v) is 6.24. The Morgan fingerprint density at radius 2 is 2.03 bits per heavy atom. The van der Waals surface area contributed by atoms with E-state index in [-0.39, 0.29) is 57.1 Å². The first-order valence-corrected chi connectivity index (χ1v) is 13.3. The number of nitrogens with one attached hydrogen (secondary N) is 1. The van der Waals surface area contributed by atoms with Gasteiger partial charge in [0, 0.05) is 31.3 Å². The molecule has 0 spiro atoms. The van der Waals surface area contributed by atoms with Crippen LogP contribution in [-0.2, 0) is 4.74 Å². The van der Waals surface area contributed by atoms with Gasteiger partial charge in [-0.25, -0.2) is 13.8 Å². The summed E-state index contributed by atoms with van der Waals surface area (Å²) in [4.78, 5) is 8.26. The molecule has 0 aromatic carbocycles. The molecule has 0 bridgehead atoms. The third-order valence-electron chi connectivity index (χ3n) is 5.58. The van der Waals surface area contributed by atoms with Crippen molar-refractivity contribution in [1.29, 1.82) is 0 Å². The van der Waals surface area contributed by atoms with E-state index in [2.05, 4.69) is 48.9 Å². The number of alkyl halides is 2. The number of hydrogen-bond acceptors (Lipinski definition) is 7. The minimum absolute atomic E-state index is 0. The van der Waals surface area contributed by atoms with Crippen molar-refractivity contribution in [2.24, 2.45) is 11.0 Å². The second kappa shape index (κ2) is 16.5. The minimum Gasteiger partial charge on any atom is -0.623 e. The summed E-state index contributed by atoms with van der Waals surface area (Å²) in [6.07, 6.45) is 4.07. The average molecular weight is 580 g/mol. The van der Waals surface area contributed by atoms with Crippen LogP contribution in [0, 0.1) is 29.6 Å². The fourth-order valence-corrected chi connectivity index (χ4v) is 4.05. The number of rotatable bonds is 6. The van der Waals surface area contributed by atoms with Gasteiger partial charge in [0.1, 0.15) is 27.8 Å². The number of methoxy groups -OCH3 is 1. The van der Waals surface area contributed by atoms with E-state index in [1.54, 1.807) is 19.3 Å². The molecule has 1 saturated heterocycles. The average Bonchev–Trinajstić information content (AvgIpc) is 3.67. The first-order chi connectivity index (χ1) is 18.4. The van der Waals surface area contributed by atoms with Crippen molar-refractivity contribution in [2.75, 3.05) is 20.8 Å². The second-order valence-corrected chi connectivity index (χ2v) is 9.25. The van der Waals surface area contributed by atoms with Gasteiger partial charge in [-0.2, -0.15) is 17.0 Å². The van der Waals surface area contributed by atoms with E-state index in [1.165, 1.54) is 19.4 Å². The van der Waals surface area contributed by atoms with Gasteiger partial charge in [0.15, 0.2) is 0 Å². The van der Waals surface area contributed by atoms with Crippen molar-refractivity contribution in [1.82, 2.24) is 15.4 Å². The van der Waals surface area contributed by atoms with Gasteiger partial charge in [0.25, 0.3) is 6.43 Å². The van der Waals surface area contributed by atoms with Crippen molar-refractivity contribution in [3.05, 3.63) is 40.6 Å². The van der Waals surface area contributed by atoms with Crippen LogP contribution in [-0.4, -0.2) is 41.4 Å². The first-order valence-electron chi connectivity index (χ1n) is 12.5. The Bertz CT molecular complexity index is 1260. The zero-order chi connectivity index (χ0) is 27.5. The number of nitrogens with zero attached hydrogens (tertiary/aromatic N) is 4. The van der Waals surface area contributed by atoms with Crippen molar-refractivity contribution in [3.63, 3.8) is 0 Å². The molecule has 2 fully saturated rings. The van der Waals surface area contributed by atoms with Crippen molar-refractivity contribution >= 4 is 22.7 Å². The number of ether oxygens (including phenoxy) is 2. The summed E-state index contributed by atoms with van der Waals surface area (Å²) in [6.45, 7) is 6.62. The molecule has 1 unspecified atom stereocenters. The Labute approximate surface area is 276 Å². The topological polar surface area (TPSA) is 82.7 Å². The Hall–Kier alpha value is -1.70. The molecule has 1 aliphatic carbocycles. The number of hydrogen-bond donors (Lipinski definition) is 1. The van der Waals surface area contributed by atoms with E-state index in [4.69, 9.17) is 9.47 Å². The van der Waals surface area contributed by atoms with Crippen LogP contribution < -0.4 is 61.5 Å². The zero-order valence-corrected chi connectivity index (χ0v) is 27.2. The smallest absolute Gasteiger partial charge is 0.623 e. The first kappa shape index (κ1) is 33.5. The summed E-state index contributed by atoms with van der Waals surface area (Å²) in [5, 5.41) is 4.67. The molecular weight excluding hydrogens is 548 g/mol. The van der Waals surface area contributed by atoms with E-state index < -0.39 is 12.0 Å². The number of halogens is 2. The van der Waals surface area contributed by atoms with Gasteiger partial charge in [-0.3, -0.25) is 4.98 Å². The summed E-state index contributed by atoms with van der Waals surface area (Å²) in [5.74, 6) is 13.2. The van der Waals surface area contributed by atoms with Crippen LogP contribution in [0.5, 0.6) is 5.75 Å². The molecule has 1 aliphatic heterocycles. The van der Waals surface area contributed by atoms with E-state index in [0.29, 0.717) is 45.8 Å². The maximum Gasteiger partial charge on any atom is 1.00 e. The molecule has 4 rings (SSSR count). The molecule has 1 saturated carbocycles. The fraction of sp³-hybridized carbons (Fsp3) is 0.464. The molecule has 2 aliphatic rings. The maximum atomic E-state index is 13.5. The molecular formula is C28H32F2KN5O2S. The van der Waals surface area contributed by atoms with E-state index in [9.17, 15) is 8.78 Å². The predicted octanol–water partition coefficient (Wildman–Crippen LogP) is 3.64. The van der Waals surface area contributed by atoms with Crippen LogP contribution in [0.4, 0.5) is 14.5 Å². The van der Waals surface area contributed by atoms with Crippen LogP contribution in [0.1, 0.15) is 64.3 Å². The SMILES string of the molecule is CC.CN/N=C(\C#CC1CC1)S[N-]c1cnc(C#CC2(C)CCCO2)cc1-c1cc(C(F)F)ncc1OC.[K+]. The molecule has 1 atom stereocenters. The van der Waals surface area contributed by atoms with E-state index >= 15 is 0 Å². The van der Waals surface area contributed by atoms with Gasteiger partial charge >= 0.3 is 51.4 Å². The maximum absolute atomic E-state index is 13.5. The molecule has 7 nitrogen and oxygen atoms in total. The van der Waals surface area contributed by atoms with Crippen molar-refractivity contribution < 1.29 is 69.6 Å². The monoisotopic (exact) mass is 579 g/mol. The molecule has 11 heteroatoms. The molecule has 2 aromatic rings. The van der Waals surface area contributed by atoms with Gasteiger partial charge in [0.2, 0.25) is 0 Å². The van der Waals surface area contributed by atoms with Crippen LogP contribution >= 0.6 is 11.9 Å². The third kappa shape index (κ3) is 10.0. The summed E-state index contributed by atoms with van der Waals surface area (Å²) >= 11 is 1.08. The molecule has 1 N–H and O–H groups in total. The fourth-order valence-electron chi connectivity index (χ4n) is 3.49. The standard InChI is InChI=1S/C26H26F2N5O2S.C2H6.K/c1-26(10-4-12-35-26)11-9-18-13-19(20-14-21(25(27)28)31-16-23(20)34-3)22(15-30-18)33-36-24(32-29-2)8-7-17-5-6-17;1-2;/h13-17,25,29H,4-6,10,12H2,1-3H3;1-2H3;/q-1;;+1/b32-24+;;. The Balaban J connectivity index is 0.00000174. The van der Waals surface area contributed by atoms with Gasteiger partial charge in [-0.05, 0) is 62.1 Å². The van der Waals surface area contributed by atoms with Crippen molar-refractivity contribution in [2.45, 2.75) is 58.5 Å². The molecule has 2 aromatic heterocycles. The summed E-state index contributed by atoms with van der Waals surface area (Å²) < 4.78 is 42.7. The van der Waals surface area contributed by atoms with Crippen LogP contribution in [0.2, 0.25) is 0 Å². The largest absolute Gasteiger partial charge is 1.00 e. The van der Waals surface area contributed by atoms with Crippen LogP contribution in [0.3, 0.4) is 0 Å². The van der Waals surface area contributed by atoms with Crippen LogP contribution in [0.15, 0.2) is 29.6 Å². The van der Waals surface area contributed by atoms with Gasteiger partial charge in [-0.15, -0.1) is 5.69 Å². The van der Waals surface area contributed by atoms with Gasteiger partial charge < -0.3 is 19.6 Å². The molecule has 3 heterocycles. The molecule has 39 heavy (non-hydrogen) atoms. The Kier molecular flexibility index (Phi) is 14.2. The van der Waals surface area contributed by atoms with Gasteiger partial charge in [-0.1, -0.05) is 25.7 Å². The summed E-state index contributed by atoms with van der Waals surface area (Å²) in [7, 11) is 3.14. The summed E-state index contributed by atoms with van der Waals surface area (Å²) in [6, 6.07) is 3.01. The van der Waals surface area contributed by atoms with Crippen molar-refractivity contribution in [3.8, 4) is 40.6 Å². The number of hydrazone groups is 1. The predicted molar refractivity (Wildman–Crippen MR) is 148 cm³/mol. The Morgan fingerprint density at radius 1 is 1.26 bits per heavy atom. The Morgan fingerprint density at radius 3 is 2.64 bits per heavy atom. The molecule has 0 radical (unpaired) electrons. The quantitative estimate of drug-likeness (QED) is 0.141. The second-order valence-electron chi connectivity index (χ2n) is 8.50. The van der Waals surface area contributed by atoms with Crippen LogP contribution in [0.25, 0.3) is 15.8 Å². The van der Waals surface area contributed by atoms with E-state index in [1.807, 2.05) is 20.8 Å². The minimum atomic E-state index is -2.74. The number of aromatic nitrogens is 2. The van der Waals surface area contributed by atoms with Gasteiger partial charge in [0.05, 0.1) is 13.3 Å². The number of pyridine rings is 2. The molecule has 0 amide bonds. The normalized spacial score (nSPS) is 17.9. The molecule has 202 valence electrons.